The van der Waals surface area contributed by atoms with Crippen LogP contribution in [0.4, 0.5) is 11.6 Å². The third-order valence-corrected chi connectivity index (χ3v) is 6.85. The molecular formula is C20H25N5O3S. The third kappa shape index (κ3) is 3.22. The van der Waals surface area contributed by atoms with Crippen LogP contribution in [-0.4, -0.2) is 77.8 Å². The van der Waals surface area contributed by atoms with E-state index in [0.717, 1.165) is 77.6 Å². The number of morpholine rings is 1. The molecule has 1 aliphatic carbocycles. The number of aryl methyl sites for hydroxylation is 1. The predicted octanol–water partition coefficient (Wildman–Crippen LogP) is 1.36. The average molecular weight is 416 g/mol. The van der Waals surface area contributed by atoms with E-state index in [9.17, 15) is 10.2 Å². The van der Waals surface area contributed by atoms with Crippen molar-refractivity contribution in [2.45, 2.75) is 19.3 Å². The van der Waals surface area contributed by atoms with Gasteiger partial charge in [-0.3, -0.25) is 0 Å². The van der Waals surface area contributed by atoms with Gasteiger partial charge in [0.05, 0.1) is 36.6 Å². The smallest absolute Gasteiger partial charge is 0.150 e. The molecule has 9 heteroatoms. The van der Waals surface area contributed by atoms with E-state index in [1.165, 1.54) is 11.1 Å². The van der Waals surface area contributed by atoms with Crippen LogP contribution in [0.3, 0.4) is 0 Å². The molecular weight excluding hydrogens is 390 g/mol. The molecule has 3 aromatic rings. The van der Waals surface area contributed by atoms with Crippen molar-refractivity contribution < 1.29 is 14.9 Å². The van der Waals surface area contributed by atoms with Crippen LogP contribution in [0, 0.1) is 0 Å². The molecule has 0 saturated carbocycles. The summed E-state index contributed by atoms with van der Waals surface area (Å²) in [4.78, 5) is 19.5. The molecule has 4 heterocycles. The number of ether oxygens (including phenoxy) is 1. The van der Waals surface area contributed by atoms with Gasteiger partial charge in [0, 0.05) is 31.6 Å². The number of aromatic nitrogens is 3. The fourth-order valence-corrected chi connectivity index (χ4v) is 5.67. The van der Waals surface area contributed by atoms with Gasteiger partial charge >= 0.3 is 0 Å². The van der Waals surface area contributed by atoms with Crippen LogP contribution < -0.4 is 9.80 Å². The first-order valence-corrected chi connectivity index (χ1v) is 11.0. The Kier molecular flexibility index (Phi) is 5.21. The standard InChI is InChI=1S/C20H25N5O3S/c26-8-4-24(5-9-27)19-17-16(21-12-22-19)15-13-2-1-3-14(13)18(23-20(15)29-17)25-6-10-28-11-7-25/h12,26-27H,1-11H2. The maximum Gasteiger partial charge on any atom is 0.150 e. The molecule has 1 aliphatic heterocycles. The van der Waals surface area contributed by atoms with Gasteiger partial charge in [0.1, 0.15) is 22.8 Å². The number of rotatable bonds is 6. The zero-order valence-electron chi connectivity index (χ0n) is 16.3. The lowest BCUT2D eigenvalue weighted by Gasteiger charge is -2.29. The Morgan fingerprint density at radius 2 is 1.83 bits per heavy atom. The van der Waals surface area contributed by atoms with Crippen LogP contribution in [0.1, 0.15) is 17.5 Å². The minimum atomic E-state index is 0.00518. The van der Waals surface area contributed by atoms with Gasteiger partial charge in [-0.05, 0) is 30.4 Å². The van der Waals surface area contributed by atoms with Crippen molar-refractivity contribution in [2.24, 2.45) is 0 Å². The van der Waals surface area contributed by atoms with Gasteiger partial charge < -0.3 is 24.7 Å². The number of nitrogens with zero attached hydrogens (tertiary/aromatic N) is 5. The Hall–Kier alpha value is -2.07. The lowest BCUT2D eigenvalue weighted by molar-refractivity contribution is 0.122. The molecule has 0 spiro atoms. The number of thiophene rings is 1. The van der Waals surface area contributed by atoms with Crippen molar-refractivity contribution >= 4 is 43.4 Å². The zero-order valence-corrected chi connectivity index (χ0v) is 17.1. The van der Waals surface area contributed by atoms with Crippen molar-refractivity contribution in [1.29, 1.82) is 0 Å². The van der Waals surface area contributed by atoms with Crippen molar-refractivity contribution in [3.63, 3.8) is 0 Å². The first-order chi connectivity index (χ1) is 14.3. The van der Waals surface area contributed by atoms with Crippen LogP contribution in [-0.2, 0) is 17.6 Å². The molecule has 0 aromatic carbocycles. The summed E-state index contributed by atoms with van der Waals surface area (Å²) in [5.41, 5.74) is 3.68. The normalized spacial score (nSPS) is 16.7. The number of anilines is 2. The van der Waals surface area contributed by atoms with Gasteiger partial charge in [0.15, 0.2) is 0 Å². The second-order valence-electron chi connectivity index (χ2n) is 7.44. The van der Waals surface area contributed by atoms with E-state index < -0.39 is 0 Å². The van der Waals surface area contributed by atoms with E-state index >= 15 is 0 Å². The maximum atomic E-state index is 9.45. The number of pyridine rings is 1. The molecule has 0 bridgehead atoms. The number of hydrogen-bond donors (Lipinski definition) is 2. The van der Waals surface area contributed by atoms with Gasteiger partial charge in [-0.15, -0.1) is 11.3 Å². The van der Waals surface area contributed by atoms with E-state index in [4.69, 9.17) is 9.72 Å². The minimum Gasteiger partial charge on any atom is -0.395 e. The van der Waals surface area contributed by atoms with E-state index in [2.05, 4.69) is 14.9 Å². The highest BCUT2D eigenvalue weighted by Gasteiger charge is 2.28. The highest BCUT2D eigenvalue weighted by Crippen LogP contribution is 2.43. The van der Waals surface area contributed by atoms with Gasteiger partial charge in [-0.1, -0.05) is 0 Å². The summed E-state index contributed by atoms with van der Waals surface area (Å²) in [6, 6.07) is 0. The van der Waals surface area contributed by atoms with Crippen molar-refractivity contribution in [2.75, 3.05) is 62.4 Å². The van der Waals surface area contributed by atoms with Crippen molar-refractivity contribution in [1.82, 2.24) is 15.0 Å². The van der Waals surface area contributed by atoms with E-state index in [1.807, 2.05) is 4.90 Å². The molecule has 2 N–H and O–H groups in total. The SMILES string of the molecule is OCCN(CCO)c1ncnc2c1sc1nc(N3CCOCC3)c3c(c12)CCC3. The van der Waals surface area contributed by atoms with Gasteiger partial charge in [0.2, 0.25) is 0 Å². The largest absolute Gasteiger partial charge is 0.395 e. The molecule has 2 aliphatic rings. The summed E-state index contributed by atoms with van der Waals surface area (Å²) >= 11 is 1.61. The zero-order chi connectivity index (χ0) is 19.8. The van der Waals surface area contributed by atoms with Crippen LogP contribution in [0.2, 0.25) is 0 Å². The average Bonchev–Trinajstić information content (AvgIpc) is 3.37. The van der Waals surface area contributed by atoms with E-state index in [-0.39, 0.29) is 13.2 Å². The molecule has 0 atom stereocenters. The number of aliphatic hydroxyl groups is 2. The van der Waals surface area contributed by atoms with Gasteiger partial charge in [0.25, 0.3) is 0 Å². The van der Waals surface area contributed by atoms with Gasteiger partial charge in [-0.2, -0.15) is 0 Å². The molecule has 0 radical (unpaired) electrons. The van der Waals surface area contributed by atoms with Crippen molar-refractivity contribution in [3.8, 4) is 0 Å². The second-order valence-corrected chi connectivity index (χ2v) is 8.44. The molecule has 0 unspecified atom stereocenters. The van der Waals surface area contributed by atoms with Crippen LogP contribution in [0.25, 0.3) is 20.4 Å². The second kappa shape index (κ2) is 7.98. The lowest BCUT2D eigenvalue weighted by atomic mass is 10.1. The fraction of sp³-hybridized carbons (Fsp3) is 0.550. The molecule has 5 rings (SSSR count). The summed E-state index contributed by atoms with van der Waals surface area (Å²) < 4.78 is 6.51. The summed E-state index contributed by atoms with van der Waals surface area (Å²) in [6.07, 6.45) is 4.84. The Morgan fingerprint density at radius 1 is 1.07 bits per heavy atom. The third-order valence-electron chi connectivity index (χ3n) is 5.78. The Labute approximate surface area is 172 Å². The molecule has 1 saturated heterocycles. The summed E-state index contributed by atoms with van der Waals surface area (Å²) in [6.45, 7) is 4.10. The molecule has 0 amide bonds. The fourth-order valence-electron chi connectivity index (χ4n) is 4.49. The summed E-state index contributed by atoms with van der Waals surface area (Å²) in [5, 5.41) is 20.1. The Bertz CT molecular complexity index is 1030. The molecule has 154 valence electrons. The highest BCUT2D eigenvalue weighted by atomic mass is 32.1. The predicted molar refractivity (Wildman–Crippen MR) is 114 cm³/mol. The van der Waals surface area contributed by atoms with E-state index in [1.54, 1.807) is 17.7 Å². The number of hydrogen-bond acceptors (Lipinski definition) is 9. The molecule has 29 heavy (non-hydrogen) atoms. The monoisotopic (exact) mass is 415 g/mol. The van der Waals surface area contributed by atoms with Crippen LogP contribution in [0.15, 0.2) is 6.33 Å². The first kappa shape index (κ1) is 18.9. The van der Waals surface area contributed by atoms with Crippen LogP contribution in [0.5, 0.6) is 0 Å². The Balaban J connectivity index is 1.70. The number of aliphatic hydroxyl groups excluding tert-OH is 2. The quantitative estimate of drug-likeness (QED) is 0.623. The summed E-state index contributed by atoms with van der Waals surface area (Å²) in [5.74, 6) is 1.87. The first-order valence-electron chi connectivity index (χ1n) is 10.2. The highest BCUT2D eigenvalue weighted by molar-refractivity contribution is 7.26. The molecule has 3 aromatic heterocycles. The minimum absolute atomic E-state index is 0.00518. The lowest BCUT2D eigenvalue weighted by Crippen LogP contribution is -2.37. The van der Waals surface area contributed by atoms with Crippen LogP contribution >= 0.6 is 11.3 Å². The maximum absolute atomic E-state index is 9.45. The molecule has 1 fully saturated rings. The topological polar surface area (TPSA) is 94.8 Å². The van der Waals surface area contributed by atoms with Gasteiger partial charge in [-0.25, -0.2) is 15.0 Å². The summed E-state index contributed by atoms with van der Waals surface area (Å²) in [7, 11) is 0. The van der Waals surface area contributed by atoms with E-state index in [0.29, 0.717) is 13.1 Å². The molecule has 8 nitrogen and oxygen atoms in total. The number of fused-ring (bicyclic) bond motifs is 5. The Morgan fingerprint density at radius 3 is 2.59 bits per heavy atom. The van der Waals surface area contributed by atoms with Crippen molar-refractivity contribution in [3.05, 3.63) is 17.5 Å².